The normalized spacial score (nSPS) is 14.3. The van der Waals surface area contributed by atoms with Crippen LogP contribution in [-0.4, -0.2) is 41.0 Å². The lowest BCUT2D eigenvalue weighted by Gasteiger charge is -2.32. The summed E-state index contributed by atoms with van der Waals surface area (Å²) < 4.78 is 10.7. The van der Waals surface area contributed by atoms with E-state index in [0.29, 0.717) is 49.5 Å². The highest BCUT2D eigenvalue weighted by Crippen LogP contribution is 2.19. The van der Waals surface area contributed by atoms with E-state index in [9.17, 15) is 9.59 Å². The van der Waals surface area contributed by atoms with Crippen LogP contribution in [0.3, 0.4) is 0 Å². The molecule has 0 unspecified atom stereocenters. The molecule has 3 aromatic rings. The fourth-order valence-electron chi connectivity index (χ4n) is 3.28. The molecule has 0 spiro atoms. The molecule has 3 heterocycles. The lowest BCUT2D eigenvalue weighted by molar-refractivity contribution is 0.0708. The lowest BCUT2D eigenvalue weighted by Crippen LogP contribution is -2.47. The number of urea groups is 1. The number of benzene rings is 1. The first-order valence-electron chi connectivity index (χ1n) is 9.66. The van der Waals surface area contributed by atoms with Gasteiger partial charge in [-0.15, -0.1) is 11.3 Å². The van der Waals surface area contributed by atoms with E-state index in [4.69, 9.17) is 9.15 Å². The maximum absolute atomic E-state index is 12.4. The van der Waals surface area contributed by atoms with Crippen molar-refractivity contribution in [2.24, 2.45) is 0 Å². The van der Waals surface area contributed by atoms with Crippen LogP contribution in [0.2, 0.25) is 0 Å². The number of thiazole rings is 1. The lowest BCUT2D eigenvalue weighted by atomic mass is 10.0. The largest absolute Gasteiger partial charge is 0.487 e. The molecule has 2 aromatic heterocycles. The molecule has 1 saturated heterocycles. The zero-order valence-corrected chi connectivity index (χ0v) is 17.1. The van der Waals surface area contributed by atoms with Gasteiger partial charge in [0.1, 0.15) is 18.6 Å². The number of anilines is 1. The van der Waals surface area contributed by atoms with Crippen LogP contribution < -0.4 is 15.4 Å². The third kappa shape index (κ3) is 5.18. The first-order valence-corrected chi connectivity index (χ1v) is 10.6. The van der Waals surface area contributed by atoms with E-state index in [1.165, 1.54) is 23.9 Å². The van der Waals surface area contributed by atoms with Crippen molar-refractivity contribution in [2.75, 3.05) is 18.4 Å². The number of carbonyl (C=O) groups excluding carboxylic acids is 2. The Hall–Kier alpha value is -3.33. The second-order valence-electron chi connectivity index (χ2n) is 6.97. The Kier molecular flexibility index (Phi) is 6.29. The van der Waals surface area contributed by atoms with Gasteiger partial charge in [-0.1, -0.05) is 6.07 Å². The van der Waals surface area contributed by atoms with Crippen LogP contribution in [-0.2, 0) is 6.61 Å². The van der Waals surface area contributed by atoms with E-state index in [-0.39, 0.29) is 18.0 Å². The van der Waals surface area contributed by atoms with Gasteiger partial charge in [-0.2, -0.15) is 0 Å². The van der Waals surface area contributed by atoms with Crippen molar-refractivity contribution in [3.05, 3.63) is 65.0 Å². The van der Waals surface area contributed by atoms with Crippen molar-refractivity contribution in [3.8, 4) is 5.75 Å². The summed E-state index contributed by atoms with van der Waals surface area (Å²) >= 11 is 1.52. The smallest absolute Gasteiger partial charge is 0.319 e. The van der Waals surface area contributed by atoms with Crippen molar-refractivity contribution in [1.29, 1.82) is 0 Å². The van der Waals surface area contributed by atoms with Crippen LogP contribution in [0.1, 0.15) is 28.9 Å². The molecule has 30 heavy (non-hydrogen) atoms. The molecule has 9 heteroatoms. The number of ether oxygens (including phenoxy) is 1. The monoisotopic (exact) mass is 426 g/mol. The van der Waals surface area contributed by atoms with E-state index in [1.807, 2.05) is 23.6 Å². The van der Waals surface area contributed by atoms with E-state index in [1.54, 1.807) is 22.5 Å². The van der Waals surface area contributed by atoms with Gasteiger partial charge in [-0.25, -0.2) is 9.78 Å². The molecule has 8 nitrogen and oxygen atoms in total. The Bertz CT molecular complexity index is 967. The second kappa shape index (κ2) is 9.45. The van der Waals surface area contributed by atoms with Gasteiger partial charge in [0.2, 0.25) is 0 Å². The summed E-state index contributed by atoms with van der Waals surface area (Å²) in [5.74, 6) is 0.619. The Balaban J connectivity index is 1.23. The van der Waals surface area contributed by atoms with Gasteiger partial charge in [0.15, 0.2) is 0 Å². The minimum Gasteiger partial charge on any atom is -0.487 e. The second-order valence-corrected chi connectivity index (χ2v) is 7.69. The SMILES string of the molecule is O=C(Nc1cccc(OCc2cscn2)c1)NC1CCN(C(=O)c2ccoc2)CC1. The van der Waals surface area contributed by atoms with Crippen molar-refractivity contribution in [1.82, 2.24) is 15.2 Å². The molecule has 3 amide bonds. The molecule has 0 saturated carbocycles. The van der Waals surface area contributed by atoms with E-state index >= 15 is 0 Å². The number of aromatic nitrogens is 1. The number of nitrogens with one attached hydrogen (secondary N) is 2. The molecular weight excluding hydrogens is 404 g/mol. The van der Waals surface area contributed by atoms with Gasteiger partial charge in [0, 0.05) is 36.3 Å². The summed E-state index contributed by atoms with van der Waals surface area (Å²) in [5, 5.41) is 7.76. The summed E-state index contributed by atoms with van der Waals surface area (Å²) in [6, 6.07) is 8.65. The van der Waals surface area contributed by atoms with Crippen LogP contribution >= 0.6 is 11.3 Å². The maximum atomic E-state index is 12.4. The predicted molar refractivity (Wildman–Crippen MR) is 113 cm³/mol. The molecule has 1 fully saturated rings. The van der Waals surface area contributed by atoms with Crippen LogP contribution in [0.25, 0.3) is 0 Å². The number of hydrogen-bond donors (Lipinski definition) is 2. The average molecular weight is 426 g/mol. The molecule has 1 aliphatic rings. The molecule has 1 aliphatic heterocycles. The molecular formula is C21H22N4O4S. The average Bonchev–Trinajstić information content (AvgIpc) is 3.47. The molecule has 2 N–H and O–H groups in total. The quantitative estimate of drug-likeness (QED) is 0.626. The summed E-state index contributed by atoms with van der Waals surface area (Å²) in [5.41, 5.74) is 3.83. The molecule has 0 aliphatic carbocycles. The van der Waals surface area contributed by atoms with Crippen molar-refractivity contribution >= 4 is 29.0 Å². The van der Waals surface area contributed by atoms with E-state index < -0.39 is 0 Å². The molecule has 156 valence electrons. The van der Waals surface area contributed by atoms with E-state index in [0.717, 1.165) is 5.69 Å². The van der Waals surface area contributed by atoms with E-state index in [2.05, 4.69) is 15.6 Å². The molecule has 1 aromatic carbocycles. The number of nitrogens with zero attached hydrogens (tertiary/aromatic N) is 2. The maximum Gasteiger partial charge on any atom is 0.319 e. The summed E-state index contributed by atoms with van der Waals surface area (Å²) in [6.45, 7) is 1.57. The fraction of sp³-hybridized carbons (Fsp3) is 0.286. The van der Waals surface area contributed by atoms with Gasteiger partial charge in [0.05, 0.1) is 23.0 Å². The number of piperidine rings is 1. The van der Waals surface area contributed by atoms with Gasteiger partial charge < -0.3 is 24.7 Å². The first kappa shape index (κ1) is 20.0. The summed E-state index contributed by atoms with van der Waals surface area (Å²) in [4.78, 5) is 30.7. The zero-order chi connectivity index (χ0) is 20.8. The van der Waals surface area contributed by atoms with Crippen LogP contribution in [0.5, 0.6) is 5.75 Å². The minimum atomic E-state index is -0.272. The molecule has 0 bridgehead atoms. The minimum absolute atomic E-state index is 0.0162. The number of likely N-dealkylation sites (tertiary alicyclic amines) is 1. The van der Waals surface area contributed by atoms with Crippen molar-refractivity contribution < 1.29 is 18.7 Å². The fourth-order valence-corrected chi connectivity index (χ4v) is 3.82. The third-order valence-corrected chi connectivity index (χ3v) is 5.48. The Morgan fingerprint density at radius 1 is 1.27 bits per heavy atom. The van der Waals surface area contributed by atoms with Crippen LogP contribution in [0.15, 0.2) is 58.2 Å². The molecule has 0 radical (unpaired) electrons. The number of rotatable bonds is 6. The first-order chi connectivity index (χ1) is 14.7. The Morgan fingerprint density at radius 3 is 2.87 bits per heavy atom. The Labute approximate surface area is 177 Å². The van der Waals surface area contributed by atoms with Crippen LogP contribution in [0, 0.1) is 0 Å². The standard InChI is InChI=1S/C21H22N4O4S/c26-20(15-6-9-28-11-15)25-7-4-16(5-8-25)23-21(27)24-17-2-1-3-19(10-17)29-12-18-13-30-14-22-18/h1-3,6,9-11,13-14,16H,4-5,7-8,12H2,(H2,23,24,27). The summed E-state index contributed by atoms with van der Waals surface area (Å²) in [7, 11) is 0. The summed E-state index contributed by atoms with van der Waals surface area (Å²) in [6.07, 6.45) is 4.35. The van der Waals surface area contributed by atoms with Gasteiger partial charge >= 0.3 is 6.03 Å². The molecule has 4 rings (SSSR count). The third-order valence-electron chi connectivity index (χ3n) is 4.85. The number of hydrogen-bond acceptors (Lipinski definition) is 6. The van der Waals surface area contributed by atoms with Gasteiger partial charge in [-0.3, -0.25) is 4.79 Å². The van der Waals surface area contributed by atoms with Gasteiger partial charge in [-0.05, 0) is 31.0 Å². The zero-order valence-electron chi connectivity index (χ0n) is 16.2. The molecule has 0 atom stereocenters. The number of carbonyl (C=O) groups is 2. The van der Waals surface area contributed by atoms with Gasteiger partial charge in [0.25, 0.3) is 5.91 Å². The highest BCUT2D eigenvalue weighted by Gasteiger charge is 2.25. The number of furan rings is 1. The highest BCUT2D eigenvalue weighted by atomic mass is 32.1. The number of amides is 3. The highest BCUT2D eigenvalue weighted by molar-refractivity contribution is 7.07. The van der Waals surface area contributed by atoms with Crippen molar-refractivity contribution in [3.63, 3.8) is 0 Å². The van der Waals surface area contributed by atoms with Crippen molar-refractivity contribution in [2.45, 2.75) is 25.5 Å². The predicted octanol–water partition coefficient (Wildman–Crippen LogP) is 3.74. The van der Waals surface area contributed by atoms with Crippen LogP contribution in [0.4, 0.5) is 10.5 Å². The Morgan fingerprint density at radius 2 is 2.13 bits per heavy atom. The topological polar surface area (TPSA) is 96.7 Å².